The van der Waals surface area contributed by atoms with Crippen LogP contribution < -0.4 is 5.32 Å². The van der Waals surface area contributed by atoms with Crippen LogP contribution in [0.4, 0.5) is 4.39 Å². The van der Waals surface area contributed by atoms with Gasteiger partial charge in [0.2, 0.25) is 0 Å². The summed E-state index contributed by atoms with van der Waals surface area (Å²) in [6.45, 7) is 0.291. The highest BCUT2D eigenvalue weighted by atomic mass is 19.1. The molecule has 0 heterocycles. The highest BCUT2D eigenvalue weighted by molar-refractivity contribution is 5.94. The lowest BCUT2D eigenvalue weighted by Gasteiger charge is -2.06. The van der Waals surface area contributed by atoms with Crippen LogP contribution in [-0.4, -0.2) is 5.91 Å². The van der Waals surface area contributed by atoms with Crippen molar-refractivity contribution in [3.63, 3.8) is 0 Å². The van der Waals surface area contributed by atoms with Gasteiger partial charge >= 0.3 is 0 Å². The molecule has 0 unspecified atom stereocenters. The first kappa shape index (κ1) is 12.8. The molecule has 0 aliphatic heterocycles. The Morgan fingerprint density at radius 1 is 1.16 bits per heavy atom. The zero-order valence-electron chi connectivity index (χ0n) is 10.1. The maximum Gasteiger partial charge on any atom is 0.254 e. The Morgan fingerprint density at radius 3 is 2.47 bits per heavy atom. The van der Waals surface area contributed by atoms with Crippen molar-refractivity contribution >= 4 is 5.91 Å². The molecule has 0 aliphatic carbocycles. The quantitative estimate of drug-likeness (QED) is 0.915. The molecule has 1 amide bonds. The molecule has 0 atom stereocenters. The highest BCUT2D eigenvalue weighted by Gasteiger charge is 2.09. The van der Waals surface area contributed by atoms with Crippen molar-refractivity contribution in [2.24, 2.45) is 0 Å². The van der Waals surface area contributed by atoms with E-state index in [-0.39, 0.29) is 5.56 Å². The van der Waals surface area contributed by atoms with E-state index in [2.05, 4.69) is 5.32 Å². The lowest BCUT2D eigenvalue weighted by atomic mass is 10.1. The van der Waals surface area contributed by atoms with Crippen LogP contribution in [0.2, 0.25) is 0 Å². The third-order valence-corrected chi connectivity index (χ3v) is 2.65. The average molecular weight is 254 g/mol. The van der Waals surface area contributed by atoms with E-state index in [4.69, 9.17) is 5.26 Å². The molecule has 0 aliphatic rings. The van der Waals surface area contributed by atoms with Crippen molar-refractivity contribution in [2.75, 3.05) is 0 Å². The Labute approximate surface area is 110 Å². The number of hydrogen-bond acceptors (Lipinski definition) is 2. The smallest absolute Gasteiger partial charge is 0.254 e. The molecule has 2 aromatic rings. The number of carbonyl (C=O) groups excluding carboxylic acids is 1. The normalized spacial score (nSPS) is 9.68. The Morgan fingerprint density at radius 2 is 1.84 bits per heavy atom. The summed E-state index contributed by atoms with van der Waals surface area (Å²) in [6.07, 6.45) is 0. The lowest BCUT2D eigenvalue weighted by Crippen LogP contribution is -2.23. The zero-order valence-corrected chi connectivity index (χ0v) is 10.1. The van der Waals surface area contributed by atoms with Crippen molar-refractivity contribution < 1.29 is 9.18 Å². The first-order valence-electron chi connectivity index (χ1n) is 5.72. The molecular formula is C15H11FN2O. The predicted molar refractivity (Wildman–Crippen MR) is 68.7 cm³/mol. The second kappa shape index (κ2) is 5.78. The summed E-state index contributed by atoms with van der Waals surface area (Å²) in [5.74, 6) is -0.998. The van der Waals surface area contributed by atoms with Crippen LogP contribution in [0, 0.1) is 17.1 Å². The maximum atomic E-state index is 13.4. The van der Waals surface area contributed by atoms with Gasteiger partial charge in [-0.2, -0.15) is 5.26 Å². The minimum absolute atomic E-state index is 0.0242. The lowest BCUT2D eigenvalue weighted by molar-refractivity contribution is 0.0947. The number of halogens is 1. The topological polar surface area (TPSA) is 52.9 Å². The number of nitrogens with zero attached hydrogens (tertiary/aromatic N) is 1. The minimum Gasteiger partial charge on any atom is -0.348 e. The number of rotatable bonds is 3. The fraction of sp³-hybridized carbons (Fsp3) is 0.0667. The summed E-state index contributed by atoms with van der Waals surface area (Å²) in [7, 11) is 0. The fourth-order valence-electron chi connectivity index (χ4n) is 1.62. The second-order valence-electron chi connectivity index (χ2n) is 3.97. The number of benzene rings is 2. The van der Waals surface area contributed by atoms with E-state index >= 15 is 0 Å². The third-order valence-electron chi connectivity index (χ3n) is 2.65. The molecule has 0 bridgehead atoms. The van der Waals surface area contributed by atoms with E-state index in [1.165, 1.54) is 18.2 Å². The standard InChI is InChI=1S/C15H11FN2O/c16-14-4-2-1-3-13(14)15(19)18-10-12-7-5-11(9-17)6-8-12/h1-8H,10H2,(H,18,19). The molecule has 0 saturated heterocycles. The first-order chi connectivity index (χ1) is 9.20. The Kier molecular flexibility index (Phi) is 3.89. The van der Waals surface area contributed by atoms with Crippen molar-refractivity contribution in [3.8, 4) is 6.07 Å². The van der Waals surface area contributed by atoms with Crippen LogP contribution in [-0.2, 0) is 6.54 Å². The molecule has 0 radical (unpaired) electrons. The van der Waals surface area contributed by atoms with Gasteiger partial charge < -0.3 is 5.32 Å². The third kappa shape index (κ3) is 3.17. The van der Waals surface area contributed by atoms with Gasteiger partial charge in [0.1, 0.15) is 5.82 Å². The first-order valence-corrected chi connectivity index (χ1v) is 5.72. The van der Waals surface area contributed by atoms with Crippen molar-refractivity contribution in [2.45, 2.75) is 6.54 Å². The van der Waals surface area contributed by atoms with Crippen LogP contribution in [0.25, 0.3) is 0 Å². The van der Waals surface area contributed by atoms with Crippen molar-refractivity contribution in [1.82, 2.24) is 5.32 Å². The summed E-state index contributed by atoms with van der Waals surface area (Å²) in [5, 5.41) is 11.3. The van der Waals surface area contributed by atoms with E-state index in [1.54, 1.807) is 30.3 Å². The summed E-state index contributed by atoms with van der Waals surface area (Å²) >= 11 is 0. The van der Waals surface area contributed by atoms with Gasteiger partial charge in [-0.1, -0.05) is 24.3 Å². The van der Waals surface area contributed by atoms with Gasteiger partial charge in [-0.25, -0.2) is 4.39 Å². The number of nitrogens with one attached hydrogen (secondary N) is 1. The second-order valence-corrected chi connectivity index (χ2v) is 3.97. The molecule has 4 heteroatoms. The van der Waals surface area contributed by atoms with Gasteiger partial charge in [0.15, 0.2) is 0 Å². The van der Waals surface area contributed by atoms with E-state index in [1.807, 2.05) is 6.07 Å². The molecular weight excluding hydrogens is 243 g/mol. The molecule has 0 aromatic heterocycles. The van der Waals surface area contributed by atoms with Crippen molar-refractivity contribution in [1.29, 1.82) is 5.26 Å². The maximum absolute atomic E-state index is 13.4. The highest BCUT2D eigenvalue weighted by Crippen LogP contribution is 2.07. The van der Waals surface area contributed by atoms with Gasteiger partial charge in [0.05, 0.1) is 17.2 Å². The SMILES string of the molecule is N#Cc1ccc(CNC(=O)c2ccccc2F)cc1. The van der Waals surface area contributed by atoms with Gasteiger partial charge in [-0.05, 0) is 29.8 Å². The summed E-state index contributed by atoms with van der Waals surface area (Å²) < 4.78 is 13.4. The minimum atomic E-state index is -0.542. The molecule has 0 spiro atoms. The Balaban J connectivity index is 2.01. The van der Waals surface area contributed by atoms with Crippen LogP contribution >= 0.6 is 0 Å². The number of hydrogen-bond donors (Lipinski definition) is 1. The fourth-order valence-corrected chi connectivity index (χ4v) is 1.62. The average Bonchev–Trinajstić information content (AvgIpc) is 2.46. The molecule has 2 aromatic carbocycles. The van der Waals surface area contributed by atoms with Crippen LogP contribution in [0.1, 0.15) is 21.5 Å². The summed E-state index contributed by atoms with van der Waals surface area (Å²) in [6, 6.07) is 14.7. The van der Waals surface area contributed by atoms with Crippen LogP contribution in [0.5, 0.6) is 0 Å². The van der Waals surface area contributed by atoms with Crippen LogP contribution in [0.3, 0.4) is 0 Å². The molecule has 19 heavy (non-hydrogen) atoms. The number of carbonyl (C=O) groups is 1. The zero-order chi connectivity index (χ0) is 13.7. The molecule has 1 N–H and O–H groups in total. The molecule has 3 nitrogen and oxygen atoms in total. The molecule has 2 rings (SSSR count). The number of nitriles is 1. The van der Waals surface area contributed by atoms with Gasteiger partial charge in [0, 0.05) is 6.54 Å². The predicted octanol–water partition coefficient (Wildman–Crippen LogP) is 2.63. The molecule has 0 fully saturated rings. The van der Waals surface area contributed by atoms with Gasteiger partial charge in [-0.15, -0.1) is 0 Å². The van der Waals surface area contributed by atoms with E-state index < -0.39 is 11.7 Å². The van der Waals surface area contributed by atoms with E-state index in [9.17, 15) is 9.18 Å². The summed E-state index contributed by atoms with van der Waals surface area (Å²) in [5.41, 5.74) is 1.43. The van der Waals surface area contributed by atoms with E-state index in [0.29, 0.717) is 12.1 Å². The monoisotopic (exact) mass is 254 g/mol. The van der Waals surface area contributed by atoms with Crippen LogP contribution in [0.15, 0.2) is 48.5 Å². The van der Waals surface area contributed by atoms with Crippen molar-refractivity contribution in [3.05, 3.63) is 71.0 Å². The Bertz CT molecular complexity index is 629. The Hall–Kier alpha value is -2.67. The van der Waals surface area contributed by atoms with Gasteiger partial charge in [-0.3, -0.25) is 4.79 Å². The number of amides is 1. The summed E-state index contributed by atoms with van der Waals surface area (Å²) in [4.78, 5) is 11.8. The largest absolute Gasteiger partial charge is 0.348 e. The molecule has 0 saturated carbocycles. The van der Waals surface area contributed by atoms with E-state index in [0.717, 1.165) is 5.56 Å². The van der Waals surface area contributed by atoms with Gasteiger partial charge in [0.25, 0.3) is 5.91 Å². The molecule has 94 valence electrons.